The van der Waals surface area contributed by atoms with Gasteiger partial charge in [-0.1, -0.05) is 11.6 Å². The molecule has 0 aliphatic carbocycles. The molecule has 3 heterocycles. The van der Waals surface area contributed by atoms with Gasteiger partial charge in [0.1, 0.15) is 17.3 Å². The standard InChI is InChI=1S/C12H12ClN5S/c1-8-10(13)17-12-15-7-16-18(12)11(8)14-4-2-9-3-5-19-6-9/h3,5-7,14H,2,4H2,1H3. The number of hydrogen-bond donors (Lipinski definition) is 1. The van der Waals surface area contributed by atoms with Crippen molar-refractivity contribution in [1.29, 1.82) is 0 Å². The fourth-order valence-corrected chi connectivity index (χ4v) is 2.73. The van der Waals surface area contributed by atoms with E-state index in [9.17, 15) is 0 Å². The summed E-state index contributed by atoms with van der Waals surface area (Å²) >= 11 is 7.81. The maximum atomic E-state index is 6.10. The van der Waals surface area contributed by atoms with Crippen LogP contribution in [0.2, 0.25) is 5.15 Å². The Hall–Kier alpha value is -1.66. The fourth-order valence-electron chi connectivity index (χ4n) is 1.87. The first-order valence-corrected chi connectivity index (χ1v) is 7.18. The molecule has 0 fully saturated rings. The third-order valence-corrected chi connectivity index (χ3v) is 3.99. The number of nitrogens with one attached hydrogen (secondary N) is 1. The summed E-state index contributed by atoms with van der Waals surface area (Å²) in [6.07, 6.45) is 2.43. The highest BCUT2D eigenvalue weighted by atomic mass is 35.5. The number of nitrogens with zero attached hydrogens (tertiary/aromatic N) is 4. The van der Waals surface area contributed by atoms with Gasteiger partial charge in [0.2, 0.25) is 0 Å². The molecule has 0 saturated carbocycles. The molecular weight excluding hydrogens is 282 g/mol. The van der Waals surface area contributed by atoms with Gasteiger partial charge >= 0.3 is 0 Å². The molecule has 19 heavy (non-hydrogen) atoms. The van der Waals surface area contributed by atoms with Gasteiger partial charge in [-0.05, 0) is 35.7 Å². The molecule has 0 radical (unpaired) electrons. The second-order valence-corrected chi connectivity index (χ2v) is 5.29. The van der Waals surface area contributed by atoms with Crippen molar-refractivity contribution in [1.82, 2.24) is 19.6 Å². The number of thiophene rings is 1. The molecule has 0 spiro atoms. The SMILES string of the molecule is Cc1c(Cl)nc2ncnn2c1NCCc1ccsc1. The van der Waals surface area contributed by atoms with Crippen LogP contribution in [0.15, 0.2) is 23.2 Å². The van der Waals surface area contributed by atoms with Crippen molar-refractivity contribution in [2.24, 2.45) is 0 Å². The van der Waals surface area contributed by atoms with Crippen LogP contribution in [0.1, 0.15) is 11.1 Å². The zero-order chi connectivity index (χ0) is 13.2. The number of fused-ring (bicyclic) bond motifs is 1. The van der Waals surface area contributed by atoms with Gasteiger partial charge in [-0.2, -0.15) is 30.9 Å². The molecule has 0 aromatic carbocycles. The predicted molar refractivity (Wildman–Crippen MR) is 77.0 cm³/mol. The van der Waals surface area contributed by atoms with Crippen LogP contribution in [0.25, 0.3) is 5.78 Å². The van der Waals surface area contributed by atoms with E-state index >= 15 is 0 Å². The minimum Gasteiger partial charge on any atom is -0.369 e. The highest BCUT2D eigenvalue weighted by Crippen LogP contribution is 2.22. The lowest BCUT2D eigenvalue weighted by atomic mass is 10.2. The third kappa shape index (κ3) is 2.41. The number of aromatic nitrogens is 4. The molecule has 0 bridgehead atoms. The summed E-state index contributed by atoms with van der Waals surface area (Å²) in [5.41, 5.74) is 2.20. The van der Waals surface area contributed by atoms with E-state index < -0.39 is 0 Å². The van der Waals surface area contributed by atoms with Gasteiger partial charge in [0.25, 0.3) is 5.78 Å². The van der Waals surface area contributed by atoms with E-state index in [2.05, 4.69) is 37.2 Å². The molecule has 3 aromatic rings. The minimum atomic E-state index is 0.457. The largest absolute Gasteiger partial charge is 0.369 e. The van der Waals surface area contributed by atoms with Gasteiger partial charge in [0, 0.05) is 12.1 Å². The Bertz CT molecular complexity index is 692. The van der Waals surface area contributed by atoms with Gasteiger partial charge in [-0.3, -0.25) is 0 Å². The molecule has 7 heteroatoms. The Morgan fingerprint density at radius 3 is 3.16 bits per heavy atom. The van der Waals surface area contributed by atoms with Gasteiger partial charge in [-0.15, -0.1) is 0 Å². The number of rotatable bonds is 4. The molecule has 0 saturated heterocycles. The molecule has 1 N–H and O–H groups in total. The Morgan fingerprint density at radius 2 is 2.37 bits per heavy atom. The summed E-state index contributed by atoms with van der Waals surface area (Å²) in [5, 5.41) is 12.2. The second kappa shape index (κ2) is 5.14. The van der Waals surface area contributed by atoms with Crippen LogP contribution in [0.5, 0.6) is 0 Å². The van der Waals surface area contributed by atoms with Crippen molar-refractivity contribution in [3.8, 4) is 0 Å². The van der Waals surface area contributed by atoms with E-state index in [0.29, 0.717) is 10.9 Å². The normalized spacial score (nSPS) is 11.1. The molecule has 0 unspecified atom stereocenters. The maximum absolute atomic E-state index is 6.10. The molecule has 0 aliphatic heterocycles. The Morgan fingerprint density at radius 1 is 1.47 bits per heavy atom. The smallest absolute Gasteiger partial charge is 0.255 e. The van der Waals surface area contributed by atoms with Crippen molar-refractivity contribution < 1.29 is 0 Å². The lowest BCUT2D eigenvalue weighted by molar-refractivity contribution is 0.904. The molecule has 0 aliphatic rings. The minimum absolute atomic E-state index is 0.457. The van der Waals surface area contributed by atoms with Crippen molar-refractivity contribution in [3.63, 3.8) is 0 Å². The van der Waals surface area contributed by atoms with Crippen molar-refractivity contribution in [2.45, 2.75) is 13.3 Å². The van der Waals surface area contributed by atoms with Gasteiger partial charge < -0.3 is 5.32 Å². The average molecular weight is 294 g/mol. The van der Waals surface area contributed by atoms with E-state index in [1.165, 1.54) is 11.9 Å². The molecule has 0 amide bonds. The lowest BCUT2D eigenvalue weighted by Gasteiger charge is -2.11. The number of anilines is 1. The Balaban J connectivity index is 1.83. The van der Waals surface area contributed by atoms with Crippen LogP contribution in [-0.2, 0) is 6.42 Å². The van der Waals surface area contributed by atoms with E-state index in [-0.39, 0.29) is 0 Å². The number of hydrogen-bond acceptors (Lipinski definition) is 5. The van der Waals surface area contributed by atoms with E-state index in [1.807, 2.05) is 6.92 Å². The van der Waals surface area contributed by atoms with Crippen molar-refractivity contribution >= 4 is 34.5 Å². The van der Waals surface area contributed by atoms with Crippen LogP contribution < -0.4 is 5.32 Å². The summed E-state index contributed by atoms with van der Waals surface area (Å²) < 4.78 is 1.68. The van der Waals surface area contributed by atoms with Gasteiger partial charge in [0.05, 0.1) is 0 Å². The predicted octanol–water partition coefficient (Wildman–Crippen LogP) is 2.80. The highest BCUT2D eigenvalue weighted by molar-refractivity contribution is 7.07. The van der Waals surface area contributed by atoms with Crippen molar-refractivity contribution in [3.05, 3.63) is 39.4 Å². The Kier molecular flexibility index (Phi) is 3.35. The molecule has 5 nitrogen and oxygen atoms in total. The highest BCUT2D eigenvalue weighted by Gasteiger charge is 2.11. The van der Waals surface area contributed by atoms with Crippen LogP contribution >= 0.6 is 22.9 Å². The first-order chi connectivity index (χ1) is 9.25. The summed E-state index contributed by atoms with van der Waals surface area (Å²) in [6.45, 7) is 2.73. The van der Waals surface area contributed by atoms with Crippen LogP contribution in [-0.4, -0.2) is 26.1 Å². The molecule has 0 atom stereocenters. The fraction of sp³-hybridized carbons (Fsp3) is 0.250. The summed E-state index contributed by atoms with van der Waals surface area (Å²) in [7, 11) is 0. The van der Waals surface area contributed by atoms with Crippen molar-refractivity contribution in [2.75, 3.05) is 11.9 Å². The monoisotopic (exact) mass is 293 g/mol. The van der Waals surface area contributed by atoms with Crippen LogP contribution in [0.4, 0.5) is 5.82 Å². The Labute approximate surface area is 119 Å². The molecular formula is C12H12ClN5S. The van der Waals surface area contributed by atoms with E-state index in [4.69, 9.17) is 11.6 Å². The molecule has 3 aromatic heterocycles. The second-order valence-electron chi connectivity index (χ2n) is 4.16. The first kappa shape index (κ1) is 12.4. The molecule has 98 valence electrons. The summed E-state index contributed by atoms with van der Waals surface area (Å²) in [6, 6.07) is 2.13. The maximum Gasteiger partial charge on any atom is 0.255 e. The van der Waals surface area contributed by atoms with E-state index in [0.717, 1.165) is 24.3 Å². The van der Waals surface area contributed by atoms with E-state index in [1.54, 1.807) is 15.9 Å². The topological polar surface area (TPSA) is 55.1 Å². The van der Waals surface area contributed by atoms with Gasteiger partial charge in [0.15, 0.2) is 0 Å². The quantitative estimate of drug-likeness (QED) is 0.752. The third-order valence-electron chi connectivity index (χ3n) is 2.89. The summed E-state index contributed by atoms with van der Waals surface area (Å²) in [5.74, 6) is 1.36. The zero-order valence-electron chi connectivity index (χ0n) is 10.3. The molecule has 3 rings (SSSR count). The van der Waals surface area contributed by atoms with Crippen LogP contribution in [0.3, 0.4) is 0 Å². The summed E-state index contributed by atoms with van der Waals surface area (Å²) in [4.78, 5) is 8.23. The van der Waals surface area contributed by atoms with Crippen LogP contribution in [0, 0.1) is 6.92 Å². The zero-order valence-corrected chi connectivity index (χ0v) is 11.9. The first-order valence-electron chi connectivity index (χ1n) is 5.86. The number of halogens is 1. The van der Waals surface area contributed by atoms with Gasteiger partial charge in [-0.25, -0.2) is 0 Å². The lowest BCUT2D eigenvalue weighted by Crippen LogP contribution is -2.11. The average Bonchev–Trinajstić information content (AvgIpc) is 3.04.